The van der Waals surface area contributed by atoms with Crippen molar-refractivity contribution in [2.45, 2.75) is 25.3 Å². The second-order valence-electron chi connectivity index (χ2n) is 7.24. The van der Waals surface area contributed by atoms with E-state index in [1.807, 2.05) is 6.07 Å². The molecule has 1 saturated carbocycles. The van der Waals surface area contributed by atoms with Crippen molar-refractivity contribution in [2.24, 2.45) is 11.7 Å². The number of amides is 2. The number of ether oxygens (including phenoxy) is 2. The number of hydrogen-bond donors (Lipinski definition) is 3. The van der Waals surface area contributed by atoms with Gasteiger partial charge in [0.05, 0.1) is 37.6 Å². The van der Waals surface area contributed by atoms with Crippen molar-refractivity contribution >= 4 is 23.0 Å². The van der Waals surface area contributed by atoms with Gasteiger partial charge >= 0.3 is 0 Å². The number of H-pyrrole nitrogens is 1. The molecule has 1 aliphatic rings. The Morgan fingerprint density at radius 2 is 2.00 bits per heavy atom. The minimum absolute atomic E-state index is 0.262. The predicted octanol–water partition coefficient (Wildman–Crippen LogP) is 2.03. The van der Waals surface area contributed by atoms with Crippen LogP contribution in [0.3, 0.4) is 0 Å². The zero-order valence-electron chi connectivity index (χ0n) is 16.8. The first-order valence-corrected chi connectivity index (χ1v) is 9.68. The molecule has 2 amide bonds. The number of primary amides is 1. The third kappa shape index (κ3) is 3.54. The molecule has 2 aromatic heterocycles. The molecule has 2 atom stereocenters. The normalized spacial score (nSPS) is 18.3. The number of benzene rings is 1. The molecule has 0 saturated heterocycles. The summed E-state index contributed by atoms with van der Waals surface area (Å²) in [6.07, 6.45) is 5.48. The Morgan fingerprint density at radius 1 is 1.20 bits per heavy atom. The lowest BCUT2D eigenvalue weighted by atomic mass is 10.0. The molecule has 9 nitrogen and oxygen atoms in total. The van der Waals surface area contributed by atoms with E-state index < -0.39 is 0 Å². The zero-order chi connectivity index (χ0) is 21.3. The van der Waals surface area contributed by atoms with E-state index >= 15 is 0 Å². The maximum atomic E-state index is 12.9. The van der Waals surface area contributed by atoms with Gasteiger partial charge in [0.2, 0.25) is 5.91 Å². The summed E-state index contributed by atoms with van der Waals surface area (Å²) in [6.45, 7) is 0. The van der Waals surface area contributed by atoms with E-state index in [0.29, 0.717) is 40.3 Å². The van der Waals surface area contributed by atoms with Crippen LogP contribution in [0.5, 0.6) is 11.5 Å². The van der Waals surface area contributed by atoms with E-state index in [-0.39, 0.29) is 23.8 Å². The Balaban J connectivity index is 1.65. The largest absolute Gasteiger partial charge is 0.493 e. The molecular formula is C21H23N5O4. The first kappa shape index (κ1) is 19.7. The van der Waals surface area contributed by atoms with Crippen LogP contribution in [0, 0.1) is 5.92 Å². The summed E-state index contributed by atoms with van der Waals surface area (Å²) in [6, 6.07) is 5.17. The number of carbonyl (C=O) groups is 2. The van der Waals surface area contributed by atoms with Gasteiger partial charge in [-0.05, 0) is 31.0 Å². The molecule has 0 spiro atoms. The van der Waals surface area contributed by atoms with Gasteiger partial charge in [-0.1, -0.05) is 6.42 Å². The summed E-state index contributed by atoms with van der Waals surface area (Å²) >= 11 is 0. The van der Waals surface area contributed by atoms with E-state index in [4.69, 9.17) is 15.2 Å². The van der Waals surface area contributed by atoms with Gasteiger partial charge in [0.15, 0.2) is 17.1 Å². The third-order valence-electron chi connectivity index (χ3n) is 5.50. The van der Waals surface area contributed by atoms with Crippen LogP contribution in [-0.4, -0.2) is 47.0 Å². The first-order chi connectivity index (χ1) is 14.5. The summed E-state index contributed by atoms with van der Waals surface area (Å²) < 4.78 is 10.6. The fraction of sp³-hybridized carbons (Fsp3) is 0.333. The lowest BCUT2D eigenvalue weighted by Crippen LogP contribution is -2.42. The standard InChI is InChI=1S/C21H23N5O4/c1-29-16-7-6-11(8-17(16)30-2)15-10-24-20-18(25-15)13(9-23-20)21(28)26-14-5-3-4-12(14)19(22)27/h6-10,12,14H,3-5H2,1-2H3,(H2,22,27)(H,23,24)(H,26,28)/t12-,14+/m1/s1. The van der Waals surface area contributed by atoms with Crippen LogP contribution in [0.2, 0.25) is 0 Å². The van der Waals surface area contributed by atoms with Crippen molar-refractivity contribution in [1.82, 2.24) is 20.3 Å². The molecular weight excluding hydrogens is 386 g/mol. The second kappa shape index (κ2) is 8.02. The zero-order valence-corrected chi connectivity index (χ0v) is 16.8. The monoisotopic (exact) mass is 409 g/mol. The molecule has 4 rings (SSSR count). The van der Waals surface area contributed by atoms with Crippen LogP contribution in [0.1, 0.15) is 29.6 Å². The number of nitrogens with one attached hydrogen (secondary N) is 2. The molecule has 9 heteroatoms. The number of nitrogens with zero attached hydrogens (tertiary/aromatic N) is 2. The van der Waals surface area contributed by atoms with E-state index in [1.54, 1.807) is 38.7 Å². The van der Waals surface area contributed by atoms with Crippen molar-refractivity contribution < 1.29 is 19.1 Å². The summed E-state index contributed by atoms with van der Waals surface area (Å²) in [5.41, 5.74) is 8.16. The second-order valence-corrected chi connectivity index (χ2v) is 7.24. The molecule has 0 unspecified atom stereocenters. The third-order valence-corrected chi connectivity index (χ3v) is 5.50. The highest BCUT2D eigenvalue weighted by atomic mass is 16.5. The molecule has 30 heavy (non-hydrogen) atoms. The van der Waals surface area contributed by atoms with Gasteiger partial charge in [-0.3, -0.25) is 9.59 Å². The molecule has 1 aliphatic carbocycles. The average Bonchev–Trinajstić information content (AvgIpc) is 3.39. The Kier molecular flexibility index (Phi) is 5.26. The number of methoxy groups -OCH3 is 2. The van der Waals surface area contributed by atoms with Crippen LogP contribution in [0.25, 0.3) is 22.4 Å². The fourth-order valence-electron chi connectivity index (χ4n) is 3.92. The van der Waals surface area contributed by atoms with Crippen LogP contribution >= 0.6 is 0 Å². The topological polar surface area (TPSA) is 132 Å². The van der Waals surface area contributed by atoms with Crippen LogP contribution in [-0.2, 0) is 4.79 Å². The number of aromatic amines is 1. The Hall–Kier alpha value is -3.62. The van der Waals surface area contributed by atoms with Crippen molar-refractivity contribution in [1.29, 1.82) is 0 Å². The summed E-state index contributed by atoms with van der Waals surface area (Å²) in [4.78, 5) is 36.5. The molecule has 4 N–H and O–H groups in total. The molecule has 1 aromatic carbocycles. The van der Waals surface area contributed by atoms with Crippen molar-refractivity contribution in [3.8, 4) is 22.8 Å². The number of fused-ring (bicyclic) bond motifs is 1. The number of rotatable bonds is 6. The van der Waals surface area contributed by atoms with Gasteiger partial charge in [-0.15, -0.1) is 0 Å². The molecule has 0 radical (unpaired) electrons. The molecule has 0 aliphatic heterocycles. The van der Waals surface area contributed by atoms with Crippen molar-refractivity contribution in [3.63, 3.8) is 0 Å². The van der Waals surface area contributed by atoms with Gasteiger partial charge in [0, 0.05) is 17.8 Å². The highest BCUT2D eigenvalue weighted by Crippen LogP contribution is 2.32. The molecule has 2 heterocycles. The van der Waals surface area contributed by atoms with Crippen LogP contribution in [0.4, 0.5) is 0 Å². The lowest BCUT2D eigenvalue weighted by molar-refractivity contribution is -0.122. The highest BCUT2D eigenvalue weighted by Gasteiger charge is 2.33. The highest BCUT2D eigenvalue weighted by molar-refractivity contribution is 6.05. The number of nitrogens with two attached hydrogens (primary N) is 1. The molecule has 3 aromatic rings. The predicted molar refractivity (Wildman–Crippen MR) is 110 cm³/mol. The maximum absolute atomic E-state index is 12.9. The van der Waals surface area contributed by atoms with E-state index in [1.165, 1.54) is 0 Å². The number of aromatic nitrogens is 3. The number of hydrogen-bond acceptors (Lipinski definition) is 6. The summed E-state index contributed by atoms with van der Waals surface area (Å²) in [5.74, 6) is 0.151. The maximum Gasteiger partial charge on any atom is 0.255 e. The molecule has 1 fully saturated rings. The number of carbonyl (C=O) groups excluding carboxylic acids is 2. The summed E-state index contributed by atoms with van der Waals surface area (Å²) in [7, 11) is 3.13. The van der Waals surface area contributed by atoms with E-state index in [9.17, 15) is 9.59 Å². The van der Waals surface area contributed by atoms with Crippen molar-refractivity contribution in [2.75, 3.05) is 14.2 Å². The van der Waals surface area contributed by atoms with Gasteiger partial charge in [-0.2, -0.15) is 0 Å². The minimum Gasteiger partial charge on any atom is -0.493 e. The van der Waals surface area contributed by atoms with Gasteiger partial charge in [-0.25, -0.2) is 9.97 Å². The Labute approximate surface area is 173 Å². The van der Waals surface area contributed by atoms with Gasteiger partial charge in [0.1, 0.15) is 5.52 Å². The van der Waals surface area contributed by atoms with Crippen LogP contribution in [0.15, 0.2) is 30.6 Å². The SMILES string of the molecule is COc1ccc(-c2cnc3[nH]cc(C(=O)N[C@H]4CCC[C@H]4C(N)=O)c3n2)cc1OC. The Bertz CT molecular complexity index is 1110. The van der Waals surface area contributed by atoms with E-state index in [0.717, 1.165) is 18.4 Å². The van der Waals surface area contributed by atoms with Gasteiger partial charge < -0.3 is 25.5 Å². The van der Waals surface area contributed by atoms with E-state index in [2.05, 4.69) is 20.3 Å². The lowest BCUT2D eigenvalue weighted by Gasteiger charge is -2.17. The molecule has 0 bridgehead atoms. The van der Waals surface area contributed by atoms with Gasteiger partial charge in [0.25, 0.3) is 5.91 Å². The minimum atomic E-state index is -0.382. The van der Waals surface area contributed by atoms with Crippen molar-refractivity contribution in [3.05, 3.63) is 36.2 Å². The van der Waals surface area contributed by atoms with Crippen LogP contribution < -0.4 is 20.5 Å². The Morgan fingerprint density at radius 3 is 2.73 bits per heavy atom. The average molecular weight is 409 g/mol. The molecule has 156 valence electrons. The summed E-state index contributed by atoms with van der Waals surface area (Å²) in [5, 5.41) is 2.93. The smallest absolute Gasteiger partial charge is 0.255 e. The quantitative estimate of drug-likeness (QED) is 0.571. The first-order valence-electron chi connectivity index (χ1n) is 9.68. The fourth-order valence-corrected chi connectivity index (χ4v) is 3.92.